The number of nitrogens with zero attached hydrogens (tertiary/aromatic N) is 1. The van der Waals surface area contributed by atoms with Gasteiger partial charge in [0.2, 0.25) is 5.91 Å². The minimum absolute atomic E-state index is 0.00923. The molecule has 0 spiro atoms. The van der Waals surface area contributed by atoms with E-state index in [1.807, 2.05) is 0 Å². The van der Waals surface area contributed by atoms with Crippen LogP contribution in [0.2, 0.25) is 10.0 Å². The molecule has 0 aromatic heterocycles. The third kappa shape index (κ3) is 3.68. The Morgan fingerprint density at radius 2 is 2.00 bits per heavy atom. The summed E-state index contributed by atoms with van der Waals surface area (Å²) in [7, 11) is -3.96. The minimum atomic E-state index is -3.96. The number of ether oxygens (including phenoxy) is 1. The third-order valence-corrected chi connectivity index (χ3v) is 5.70. The number of amides is 1. The van der Waals surface area contributed by atoms with Crippen LogP contribution in [0.15, 0.2) is 41.3 Å². The van der Waals surface area contributed by atoms with E-state index in [1.165, 1.54) is 30.0 Å². The molecule has 0 saturated heterocycles. The molecule has 9 heteroatoms. The van der Waals surface area contributed by atoms with Gasteiger partial charge in [-0.3, -0.25) is 9.52 Å². The summed E-state index contributed by atoms with van der Waals surface area (Å²) in [5, 5.41) is 0.391. The molecule has 1 aliphatic heterocycles. The third-order valence-electron chi connectivity index (χ3n) is 3.62. The fourth-order valence-electron chi connectivity index (χ4n) is 2.51. The van der Waals surface area contributed by atoms with Gasteiger partial charge in [0.15, 0.2) is 0 Å². The highest BCUT2D eigenvalue weighted by atomic mass is 35.5. The van der Waals surface area contributed by atoms with E-state index < -0.39 is 10.0 Å². The van der Waals surface area contributed by atoms with Crippen LogP contribution in [0.25, 0.3) is 0 Å². The number of hydrogen-bond donors (Lipinski definition) is 1. The Bertz CT molecular complexity index is 947. The summed E-state index contributed by atoms with van der Waals surface area (Å²) in [6.07, 6.45) is 0. The first-order valence-corrected chi connectivity index (χ1v) is 9.55. The van der Waals surface area contributed by atoms with Crippen LogP contribution in [0.1, 0.15) is 6.92 Å². The summed E-state index contributed by atoms with van der Waals surface area (Å²) in [6.45, 7) is 2.08. The number of fused-ring (bicyclic) bond motifs is 1. The quantitative estimate of drug-likeness (QED) is 0.854. The van der Waals surface area contributed by atoms with Gasteiger partial charge in [-0.05, 0) is 24.3 Å². The van der Waals surface area contributed by atoms with Gasteiger partial charge in [-0.15, -0.1) is 0 Å². The lowest BCUT2D eigenvalue weighted by molar-refractivity contribution is -0.116. The zero-order valence-corrected chi connectivity index (χ0v) is 15.5. The number of carbonyl (C=O) groups is 1. The largest absolute Gasteiger partial charge is 0.489 e. The number of anilines is 2. The maximum Gasteiger partial charge on any atom is 0.263 e. The number of halogens is 2. The molecule has 0 bridgehead atoms. The van der Waals surface area contributed by atoms with Crippen LogP contribution >= 0.6 is 23.2 Å². The Hall–Kier alpha value is -1.96. The normalized spacial score (nSPS) is 13.8. The molecular formula is C16H14Cl2N2O4S. The minimum Gasteiger partial charge on any atom is -0.489 e. The van der Waals surface area contributed by atoms with Crippen LogP contribution in [-0.2, 0) is 14.8 Å². The summed E-state index contributed by atoms with van der Waals surface area (Å²) in [6, 6.07) is 9.06. The van der Waals surface area contributed by atoms with Crippen molar-refractivity contribution in [3.63, 3.8) is 0 Å². The summed E-state index contributed by atoms with van der Waals surface area (Å²) < 4.78 is 33.2. The van der Waals surface area contributed by atoms with E-state index in [9.17, 15) is 13.2 Å². The van der Waals surface area contributed by atoms with Crippen LogP contribution in [0.5, 0.6) is 5.75 Å². The highest BCUT2D eigenvalue weighted by Crippen LogP contribution is 2.38. The van der Waals surface area contributed by atoms with E-state index in [2.05, 4.69) is 4.72 Å². The average molecular weight is 401 g/mol. The van der Waals surface area contributed by atoms with Crippen LogP contribution in [-0.4, -0.2) is 27.5 Å². The molecule has 0 unspecified atom stereocenters. The smallest absolute Gasteiger partial charge is 0.263 e. The number of sulfonamides is 1. The predicted octanol–water partition coefficient (Wildman–Crippen LogP) is 3.54. The lowest BCUT2D eigenvalue weighted by Gasteiger charge is -2.29. The van der Waals surface area contributed by atoms with Crippen molar-refractivity contribution < 1.29 is 17.9 Å². The Morgan fingerprint density at radius 1 is 1.24 bits per heavy atom. The van der Waals surface area contributed by atoms with Gasteiger partial charge in [-0.1, -0.05) is 29.3 Å². The number of nitrogens with one attached hydrogen (secondary N) is 1. The zero-order chi connectivity index (χ0) is 18.2. The standard InChI is InChI=1S/C16H14Cl2N2O4S/c1-10(21)20-5-6-24-15-9-16(13(18)8-14(15)20)25(22,23)19-12-4-2-3-11(17)7-12/h2-4,7-9,19H,5-6H2,1H3. The van der Waals surface area contributed by atoms with Crippen LogP contribution in [0, 0.1) is 0 Å². The van der Waals surface area contributed by atoms with Gasteiger partial charge in [0, 0.05) is 18.0 Å². The van der Waals surface area contributed by atoms with Crippen molar-refractivity contribution >= 4 is 50.5 Å². The Morgan fingerprint density at radius 3 is 2.68 bits per heavy atom. The molecule has 132 valence electrons. The van der Waals surface area contributed by atoms with Gasteiger partial charge in [0.1, 0.15) is 17.3 Å². The Kier molecular flexibility index (Phi) is 4.81. The fraction of sp³-hybridized carbons (Fsp3) is 0.188. The Balaban J connectivity index is 2.01. The van der Waals surface area contributed by atoms with E-state index in [0.717, 1.165) is 0 Å². The monoisotopic (exact) mass is 400 g/mol. The SMILES string of the molecule is CC(=O)N1CCOc2cc(S(=O)(=O)Nc3cccc(Cl)c3)c(Cl)cc21. The molecule has 2 aromatic carbocycles. The second-order valence-corrected chi connectivity index (χ2v) is 7.88. The average Bonchev–Trinajstić information content (AvgIpc) is 2.53. The molecular weight excluding hydrogens is 387 g/mol. The zero-order valence-electron chi connectivity index (χ0n) is 13.1. The second kappa shape index (κ2) is 6.74. The summed E-state index contributed by atoms with van der Waals surface area (Å²) in [5.74, 6) is 0.116. The molecule has 0 fully saturated rings. The summed E-state index contributed by atoms with van der Waals surface area (Å²) in [4.78, 5) is 13.1. The summed E-state index contributed by atoms with van der Waals surface area (Å²) >= 11 is 12.0. The molecule has 0 radical (unpaired) electrons. The molecule has 25 heavy (non-hydrogen) atoms. The molecule has 0 saturated carbocycles. The molecule has 1 aliphatic rings. The topological polar surface area (TPSA) is 75.7 Å². The Labute approximate surface area is 155 Å². The van der Waals surface area contributed by atoms with Crippen molar-refractivity contribution in [2.75, 3.05) is 22.8 Å². The van der Waals surface area contributed by atoms with Gasteiger partial charge in [0.05, 0.1) is 22.9 Å². The fourth-order valence-corrected chi connectivity index (χ4v) is 4.29. The number of hydrogen-bond acceptors (Lipinski definition) is 4. The van der Waals surface area contributed by atoms with Gasteiger partial charge >= 0.3 is 0 Å². The first-order valence-electron chi connectivity index (χ1n) is 7.31. The second-order valence-electron chi connectivity index (χ2n) is 5.39. The summed E-state index contributed by atoms with van der Waals surface area (Å²) in [5.41, 5.74) is 0.762. The lowest BCUT2D eigenvalue weighted by atomic mass is 10.2. The van der Waals surface area contributed by atoms with Crippen molar-refractivity contribution in [1.29, 1.82) is 0 Å². The maximum atomic E-state index is 12.7. The van der Waals surface area contributed by atoms with E-state index in [0.29, 0.717) is 22.9 Å². The molecule has 3 rings (SSSR count). The first kappa shape index (κ1) is 17.8. The van der Waals surface area contributed by atoms with E-state index in [4.69, 9.17) is 27.9 Å². The number of carbonyl (C=O) groups excluding carboxylic acids is 1. The first-order chi connectivity index (χ1) is 11.8. The van der Waals surface area contributed by atoms with E-state index >= 15 is 0 Å². The number of rotatable bonds is 3. The molecule has 0 aliphatic carbocycles. The van der Waals surface area contributed by atoms with Crippen LogP contribution in [0.4, 0.5) is 11.4 Å². The molecule has 1 heterocycles. The van der Waals surface area contributed by atoms with Gasteiger partial charge in [-0.25, -0.2) is 8.42 Å². The molecule has 0 atom stereocenters. The van der Waals surface area contributed by atoms with Crippen molar-refractivity contribution in [2.45, 2.75) is 11.8 Å². The molecule has 2 aromatic rings. The highest BCUT2D eigenvalue weighted by Gasteiger charge is 2.27. The molecule has 1 N–H and O–H groups in total. The van der Waals surface area contributed by atoms with Gasteiger partial charge in [-0.2, -0.15) is 0 Å². The van der Waals surface area contributed by atoms with Gasteiger partial charge in [0.25, 0.3) is 10.0 Å². The lowest BCUT2D eigenvalue weighted by Crippen LogP contribution is -2.36. The van der Waals surface area contributed by atoms with Crippen molar-refractivity contribution in [1.82, 2.24) is 0 Å². The van der Waals surface area contributed by atoms with Crippen molar-refractivity contribution in [3.8, 4) is 5.75 Å². The number of benzene rings is 2. The van der Waals surface area contributed by atoms with Crippen molar-refractivity contribution in [2.24, 2.45) is 0 Å². The van der Waals surface area contributed by atoms with E-state index in [1.54, 1.807) is 18.2 Å². The van der Waals surface area contributed by atoms with Crippen LogP contribution < -0.4 is 14.4 Å². The molecule has 1 amide bonds. The van der Waals surface area contributed by atoms with E-state index in [-0.39, 0.29) is 28.2 Å². The van der Waals surface area contributed by atoms with Crippen LogP contribution in [0.3, 0.4) is 0 Å². The highest BCUT2D eigenvalue weighted by molar-refractivity contribution is 7.92. The predicted molar refractivity (Wildman–Crippen MR) is 97.2 cm³/mol. The maximum absolute atomic E-state index is 12.7. The van der Waals surface area contributed by atoms with Gasteiger partial charge < -0.3 is 9.64 Å². The van der Waals surface area contributed by atoms with Crippen molar-refractivity contribution in [3.05, 3.63) is 46.4 Å². The molecule has 6 nitrogen and oxygen atoms in total.